The highest BCUT2D eigenvalue weighted by molar-refractivity contribution is 7.22. The molecule has 3 aromatic rings. The third-order valence-electron chi connectivity index (χ3n) is 5.11. The second kappa shape index (κ2) is 9.72. The Kier molecular flexibility index (Phi) is 6.80. The molecule has 4 rings (SSSR count). The quantitative estimate of drug-likeness (QED) is 0.469. The van der Waals surface area contributed by atoms with Gasteiger partial charge in [-0.15, -0.1) is 0 Å². The zero-order valence-electron chi connectivity index (χ0n) is 17.5. The number of hydrogen-bond donors (Lipinski definition) is 0. The van der Waals surface area contributed by atoms with Crippen LogP contribution in [-0.4, -0.2) is 55.4 Å². The Morgan fingerprint density at radius 2 is 1.84 bits per heavy atom. The number of hydrogen-bond acceptors (Lipinski definition) is 7. The van der Waals surface area contributed by atoms with Crippen LogP contribution in [0.1, 0.15) is 13.8 Å². The van der Waals surface area contributed by atoms with Crippen molar-refractivity contribution >= 4 is 44.2 Å². The summed E-state index contributed by atoms with van der Waals surface area (Å²) < 4.78 is 17.6. The minimum atomic E-state index is -0.152. The lowest BCUT2D eigenvalue weighted by Crippen LogP contribution is -2.41. The van der Waals surface area contributed by atoms with Gasteiger partial charge in [0.2, 0.25) is 6.79 Å². The van der Waals surface area contributed by atoms with E-state index in [2.05, 4.69) is 18.7 Å². The Balaban J connectivity index is 1.55. The molecule has 164 valence electrons. The summed E-state index contributed by atoms with van der Waals surface area (Å²) in [7, 11) is 0. The molecule has 0 saturated heterocycles. The molecular formula is C22H24ClN3O4S. The molecule has 2 aromatic carbocycles. The van der Waals surface area contributed by atoms with Crippen LogP contribution in [0.25, 0.3) is 10.2 Å². The van der Waals surface area contributed by atoms with Crippen LogP contribution in [0.15, 0.2) is 36.4 Å². The fourth-order valence-electron chi connectivity index (χ4n) is 3.28. The molecule has 1 aliphatic heterocycles. The van der Waals surface area contributed by atoms with Crippen molar-refractivity contribution in [2.75, 3.05) is 44.5 Å². The van der Waals surface area contributed by atoms with Crippen molar-refractivity contribution in [3.8, 4) is 17.2 Å². The molecule has 0 atom stereocenters. The molecule has 31 heavy (non-hydrogen) atoms. The van der Waals surface area contributed by atoms with Crippen molar-refractivity contribution in [1.29, 1.82) is 0 Å². The summed E-state index contributed by atoms with van der Waals surface area (Å²) in [4.78, 5) is 21.8. The summed E-state index contributed by atoms with van der Waals surface area (Å²) in [5.41, 5.74) is 0.781. The predicted octanol–water partition coefficient (Wildman–Crippen LogP) is 4.43. The molecule has 1 aliphatic rings. The van der Waals surface area contributed by atoms with Gasteiger partial charge in [-0.05, 0) is 37.4 Å². The number of likely N-dealkylation sites (N-methyl/N-ethyl adjacent to an activating group) is 1. The molecule has 0 aliphatic carbocycles. The van der Waals surface area contributed by atoms with Crippen molar-refractivity contribution < 1.29 is 19.0 Å². The highest BCUT2D eigenvalue weighted by atomic mass is 35.5. The molecule has 0 spiro atoms. The SMILES string of the molecule is CCN(CC)CCN(C(=O)COc1ccc(Cl)cc1)c1nc2cc3c(cc2s1)OCO3. The van der Waals surface area contributed by atoms with E-state index < -0.39 is 0 Å². The lowest BCUT2D eigenvalue weighted by Gasteiger charge is -2.24. The number of aromatic nitrogens is 1. The highest BCUT2D eigenvalue weighted by Gasteiger charge is 2.23. The van der Waals surface area contributed by atoms with Crippen molar-refractivity contribution in [3.05, 3.63) is 41.4 Å². The van der Waals surface area contributed by atoms with Crippen LogP contribution in [0, 0.1) is 0 Å². The molecular weight excluding hydrogens is 438 g/mol. The van der Waals surface area contributed by atoms with E-state index in [1.165, 1.54) is 11.3 Å². The van der Waals surface area contributed by atoms with Crippen LogP contribution >= 0.6 is 22.9 Å². The summed E-state index contributed by atoms with van der Waals surface area (Å²) in [5, 5.41) is 1.25. The largest absolute Gasteiger partial charge is 0.484 e. The normalized spacial score (nSPS) is 12.5. The minimum absolute atomic E-state index is 0.0848. The fraction of sp³-hybridized carbons (Fsp3) is 0.364. The number of anilines is 1. The smallest absolute Gasteiger partial charge is 0.266 e. The first-order valence-electron chi connectivity index (χ1n) is 10.2. The maximum atomic E-state index is 13.1. The number of fused-ring (bicyclic) bond motifs is 2. The van der Waals surface area contributed by atoms with Crippen molar-refractivity contribution in [2.45, 2.75) is 13.8 Å². The van der Waals surface area contributed by atoms with Gasteiger partial charge in [-0.25, -0.2) is 4.98 Å². The summed E-state index contributed by atoms with van der Waals surface area (Å²) in [6, 6.07) is 10.7. The van der Waals surface area contributed by atoms with Gasteiger partial charge in [0.1, 0.15) is 5.75 Å². The van der Waals surface area contributed by atoms with E-state index >= 15 is 0 Å². The van der Waals surface area contributed by atoms with E-state index in [0.717, 1.165) is 29.9 Å². The van der Waals surface area contributed by atoms with E-state index in [4.69, 9.17) is 30.8 Å². The predicted molar refractivity (Wildman–Crippen MR) is 123 cm³/mol. The van der Waals surface area contributed by atoms with Crippen molar-refractivity contribution in [3.63, 3.8) is 0 Å². The first-order valence-corrected chi connectivity index (χ1v) is 11.4. The highest BCUT2D eigenvalue weighted by Crippen LogP contribution is 2.39. The summed E-state index contributed by atoms with van der Waals surface area (Å²) in [6.45, 7) is 7.46. The first-order chi connectivity index (χ1) is 15.1. The Hall–Kier alpha value is -2.55. The number of carbonyl (C=O) groups excluding carboxylic acids is 1. The lowest BCUT2D eigenvalue weighted by atomic mass is 10.3. The molecule has 7 nitrogen and oxygen atoms in total. The number of nitrogens with zero attached hydrogens (tertiary/aromatic N) is 3. The molecule has 0 N–H and O–H groups in total. The van der Waals surface area contributed by atoms with E-state index in [1.807, 2.05) is 12.1 Å². The van der Waals surface area contributed by atoms with Crippen LogP contribution in [0.2, 0.25) is 5.02 Å². The topological polar surface area (TPSA) is 64.1 Å². The van der Waals surface area contributed by atoms with Gasteiger partial charge < -0.3 is 19.1 Å². The summed E-state index contributed by atoms with van der Waals surface area (Å²) in [6.07, 6.45) is 0. The van der Waals surface area contributed by atoms with Gasteiger partial charge in [0.25, 0.3) is 5.91 Å². The van der Waals surface area contributed by atoms with Crippen LogP contribution < -0.4 is 19.1 Å². The number of thiazole rings is 1. The summed E-state index contributed by atoms with van der Waals surface area (Å²) in [5.74, 6) is 1.82. The average molecular weight is 462 g/mol. The molecule has 0 fully saturated rings. The van der Waals surface area contributed by atoms with Gasteiger partial charge in [-0.1, -0.05) is 36.8 Å². The van der Waals surface area contributed by atoms with Gasteiger partial charge in [0.05, 0.1) is 10.2 Å². The maximum Gasteiger partial charge on any atom is 0.266 e. The lowest BCUT2D eigenvalue weighted by molar-refractivity contribution is -0.120. The molecule has 1 aromatic heterocycles. The number of rotatable bonds is 9. The maximum absolute atomic E-state index is 13.1. The van der Waals surface area contributed by atoms with Gasteiger partial charge in [0, 0.05) is 30.2 Å². The molecule has 1 amide bonds. The fourth-order valence-corrected chi connectivity index (χ4v) is 4.43. The van der Waals surface area contributed by atoms with Gasteiger partial charge in [0.15, 0.2) is 23.2 Å². The van der Waals surface area contributed by atoms with Crippen LogP contribution in [-0.2, 0) is 4.79 Å². The molecule has 0 unspecified atom stereocenters. The zero-order valence-corrected chi connectivity index (χ0v) is 19.0. The molecule has 0 bridgehead atoms. The van der Waals surface area contributed by atoms with Gasteiger partial charge in [-0.3, -0.25) is 9.69 Å². The number of amides is 1. The van der Waals surface area contributed by atoms with E-state index in [-0.39, 0.29) is 19.3 Å². The molecule has 2 heterocycles. The van der Waals surface area contributed by atoms with Gasteiger partial charge >= 0.3 is 0 Å². The Morgan fingerprint density at radius 1 is 1.13 bits per heavy atom. The van der Waals surface area contributed by atoms with Crippen molar-refractivity contribution in [1.82, 2.24) is 9.88 Å². The Morgan fingerprint density at radius 3 is 2.55 bits per heavy atom. The van der Waals surface area contributed by atoms with Gasteiger partial charge in [-0.2, -0.15) is 0 Å². The second-order valence-electron chi connectivity index (χ2n) is 6.98. The second-order valence-corrected chi connectivity index (χ2v) is 8.43. The zero-order chi connectivity index (χ0) is 21.8. The van der Waals surface area contributed by atoms with Crippen molar-refractivity contribution in [2.24, 2.45) is 0 Å². The average Bonchev–Trinajstić information content (AvgIpc) is 3.40. The first kappa shape index (κ1) is 21.7. The third-order valence-corrected chi connectivity index (χ3v) is 6.41. The Bertz CT molecular complexity index is 1010. The number of benzene rings is 2. The number of halogens is 1. The van der Waals surface area contributed by atoms with Crippen LogP contribution in [0.3, 0.4) is 0 Å². The van der Waals surface area contributed by atoms with Crippen LogP contribution in [0.5, 0.6) is 17.2 Å². The Labute approximate surface area is 190 Å². The number of carbonyl (C=O) groups is 1. The monoisotopic (exact) mass is 461 g/mol. The minimum Gasteiger partial charge on any atom is -0.484 e. The number of ether oxygens (including phenoxy) is 3. The van der Waals surface area contributed by atoms with E-state index in [1.54, 1.807) is 29.2 Å². The van der Waals surface area contributed by atoms with E-state index in [9.17, 15) is 4.79 Å². The van der Waals surface area contributed by atoms with E-state index in [0.29, 0.717) is 33.9 Å². The standard InChI is InChI=1S/C22H24ClN3O4S/c1-3-25(4-2)9-10-26(21(27)13-28-16-7-5-15(23)6-8-16)22-24-17-11-18-19(30-14-29-18)12-20(17)31-22/h5-8,11-12H,3-4,9-10,13-14H2,1-2H3. The third kappa shape index (κ3) is 5.03. The molecule has 0 saturated carbocycles. The molecule has 0 radical (unpaired) electrons. The van der Waals surface area contributed by atoms with Crippen LogP contribution in [0.4, 0.5) is 5.13 Å². The molecule has 9 heteroatoms. The summed E-state index contributed by atoms with van der Waals surface area (Å²) >= 11 is 7.38.